The molecule has 1 aromatic carbocycles. The van der Waals surface area contributed by atoms with Crippen molar-refractivity contribution >= 4 is 17.9 Å². The maximum absolute atomic E-state index is 12.5. The van der Waals surface area contributed by atoms with Gasteiger partial charge in [0, 0.05) is 26.8 Å². The maximum atomic E-state index is 12.5. The van der Waals surface area contributed by atoms with Crippen LogP contribution in [0.4, 0.5) is 0 Å². The van der Waals surface area contributed by atoms with Crippen LogP contribution in [0.3, 0.4) is 0 Å². The maximum Gasteiger partial charge on any atom is 0.246 e. The highest BCUT2D eigenvalue weighted by Crippen LogP contribution is 2.23. The van der Waals surface area contributed by atoms with E-state index in [1.807, 2.05) is 30.3 Å². The number of morpholine rings is 1. The summed E-state index contributed by atoms with van der Waals surface area (Å²) in [7, 11) is 3.14. The van der Waals surface area contributed by atoms with Crippen LogP contribution in [0.25, 0.3) is 6.08 Å². The number of nitrogens with one attached hydrogen (secondary N) is 1. The third kappa shape index (κ3) is 4.91. The predicted octanol–water partition coefficient (Wildman–Crippen LogP) is 1.08. The van der Waals surface area contributed by atoms with Gasteiger partial charge in [-0.25, -0.2) is 0 Å². The van der Waals surface area contributed by atoms with Crippen LogP contribution in [0.1, 0.15) is 12.0 Å². The number of nitrogens with zero attached hydrogens (tertiary/aromatic N) is 1. The smallest absolute Gasteiger partial charge is 0.246 e. The van der Waals surface area contributed by atoms with Crippen molar-refractivity contribution in [1.29, 1.82) is 0 Å². The number of rotatable bonds is 6. The van der Waals surface area contributed by atoms with Crippen molar-refractivity contribution in [3.63, 3.8) is 0 Å². The summed E-state index contributed by atoms with van der Waals surface area (Å²) >= 11 is 0. The van der Waals surface area contributed by atoms with Gasteiger partial charge >= 0.3 is 0 Å². The molecule has 130 valence electrons. The van der Waals surface area contributed by atoms with E-state index < -0.39 is 5.60 Å². The summed E-state index contributed by atoms with van der Waals surface area (Å²) in [5.74, 6) is -0.235. The Kier molecular flexibility index (Phi) is 6.52. The average molecular weight is 332 g/mol. The van der Waals surface area contributed by atoms with E-state index in [-0.39, 0.29) is 24.8 Å². The number of carbonyl (C=O) groups excluding carboxylic acids is 2. The molecule has 0 aromatic heterocycles. The molecule has 0 bridgehead atoms. The summed E-state index contributed by atoms with van der Waals surface area (Å²) in [4.78, 5) is 25.9. The summed E-state index contributed by atoms with van der Waals surface area (Å²) in [6.45, 7) is 1.46. The van der Waals surface area contributed by atoms with Crippen LogP contribution in [0, 0.1) is 0 Å². The zero-order valence-corrected chi connectivity index (χ0v) is 14.2. The van der Waals surface area contributed by atoms with Crippen LogP contribution in [0.5, 0.6) is 0 Å². The van der Waals surface area contributed by atoms with E-state index in [0.29, 0.717) is 19.7 Å². The van der Waals surface area contributed by atoms with Gasteiger partial charge in [0.2, 0.25) is 11.8 Å². The van der Waals surface area contributed by atoms with Crippen molar-refractivity contribution in [2.75, 3.05) is 40.5 Å². The SMILES string of the molecule is CNC(=O)C[C@]1(COC)CN(C(=O)/C=C/c2ccccc2)CCO1. The van der Waals surface area contributed by atoms with E-state index in [0.717, 1.165) is 5.56 Å². The molecule has 1 atom stereocenters. The van der Waals surface area contributed by atoms with Gasteiger partial charge in [-0.3, -0.25) is 9.59 Å². The van der Waals surface area contributed by atoms with E-state index in [4.69, 9.17) is 9.47 Å². The Balaban J connectivity index is 2.05. The van der Waals surface area contributed by atoms with Crippen LogP contribution >= 0.6 is 0 Å². The fourth-order valence-electron chi connectivity index (χ4n) is 2.76. The van der Waals surface area contributed by atoms with Crippen LogP contribution in [-0.4, -0.2) is 62.8 Å². The molecule has 2 rings (SSSR count). The minimum atomic E-state index is -0.802. The summed E-state index contributed by atoms with van der Waals surface area (Å²) in [5, 5.41) is 2.59. The highest BCUT2D eigenvalue weighted by atomic mass is 16.5. The molecule has 1 fully saturated rings. The number of amides is 2. The third-order valence-corrected chi connectivity index (χ3v) is 3.95. The molecule has 1 N–H and O–H groups in total. The van der Waals surface area contributed by atoms with Crippen molar-refractivity contribution in [3.8, 4) is 0 Å². The first-order valence-corrected chi connectivity index (χ1v) is 7.94. The normalized spacial score (nSPS) is 21.0. The minimum absolute atomic E-state index is 0.0977. The third-order valence-electron chi connectivity index (χ3n) is 3.95. The Morgan fingerprint density at radius 2 is 2.12 bits per heavy atom. The quantitative estimate of drug-likeness (QED) is 0.792. The molecular weight excluding hydrogens is 308 g/mol. The zero-order chi connectivity index (χ0) is 17.4. The van der Waals surface area contributed by atoms with Crippen LogP contribution in [-0.2, 0) is 19.1 Å². The van der Waals surface area contributed by atoms with Crippen LogP contribution < -0.4 is 5.32 Å². The zero-order valence-electron chi connectivity index (χ0n) is 14.2. The topological polar surface area (TPSA) is 67.9 Å². The lowest BCUT2D eigenvalue weighted by atomic mass is 9.97. The Hall–Kier alpha value is -2.18. The minimum Gasteiger partial charge on any atom is -0.382 e. The lowest BCUT2D eigenvalue weighted by molar-refractivity contribution is -0.164. The second-order valence-electron chi connectivity index (χ2n) is 5.82. The molecule has 0 unspecified atom stereocenters. The van der Waals surface area contributed by atoms with Gasteiger partial charge in [-0.1, -0.05) is 30.3 Å². The second-order valence-corrected chi connectivity index (χ2v) is 5.82. The molecule has 1 saturated heterocycles. The fraction of sp³-hybridized carbons (Fsp3) is 0.444. The molecule has 1 heterocycles. The van der Waals surface area contributed by atoms with Gasteiger partial charge in [-0.15, -0.1) is 0 Å². The van der Waals surface area contributed by atoms with Crippen molar-refractivity contribution in [2.24, 2.45) is 0 Å². The number of hydrogen-bond acceptors (Lipinski definition) is 4. The molecule has 1 aromatic rings. The van der Waals surface area contributed by atoms with Crippen molar-refractivity contribution < 1.29 is 19.1 Å². The molecule has 6 nitrogen and oxygen atoms in total. The molecule has 0 radical (unpaired) electrons. The molecule has 1 aliphatic rings. The Morgan fingerprint density at radius 3 is 2.79 bits per heavy atom. The largest absolute Gasteiger partial charge is 0.382 e. The first-order valence-electron chi connectivity index (χ1n) is 7.94. The molecule has 0 saturated carbocycles. The molecule has 0 spiro atoms. The lowest BCUT2D eigenvalue weighted by Gasteiger charge is -2.41. The van der Waals surface area contributed by atoms with Crippen LogP contribution in [0.2, 0.25) is 0 Å². The van der Waals surface area contributed by atoms with Gasteiger partial charge in [0.25, 0.3) is 0 Å². The number of hydrogen-bond donors (Lipinski definition) is 1. The first-order chi connectivity index (χ1) is 11.6. The monoisotopic (exact) mass is 332 g/mol. The Bertz CT molecular complexity index is 584. The fourth-order valence-corrected chi connectivity index (χ4v) is 2.76. The lowest BCUT2D eigenvalue weighted by Crippen LogP contribution is -2.57. The number of benzene rings is 1. The van der Waals surface area contributed by atoms with Crippen molar-refractivity contribution in [2.45, 2.75) is 12.0 Å². The van der Waals surface area contributed by atoms with Crippen LogP contribution in [0.15, 0.2) is 36.4 Å². The predicted molar refractivity (Wildman–Crippen MR) is 91.3 cm³/mol. The number of ether oxygens (including phenoxy) is 2. The van der Waals surface area contributed by atoms with E-state index >= 15 is 0 Å². The van der Waals surface area contributed by atoms with Gasteiger partial charge in [0.05, 0.1) is 26.2 Å². The second kappa shape index (κ2) is 8.61. The summed E-state index contributed by atoms with van der Waals surface area (Å²) in [6.07, 6.45) is 3.50. The molecule has 2 amide bonds. The molecule has 0 aliphatic carbocycles. The van der Waals surface area contributed by atoms with E-state index in [1.165, 1.54) is 0 Å². The molecule has 24 heavy (non-hydrogen) atoms. The van der Waals surface area contributed by atoms with Crippen molar-refractivity contribution in [1.82, 2.24) is 10.2 Å². The Morgan fingerprint density at radius 1 is 1.38 bits per heavy atom. The van der Waals surface area contributed by atoms with Gasteiger partial charge in [0.15, 0.2) is 0 Å². The number of carbonyl (C=O) groups is 2. The van der Waals surface area contributed by atoms with Crippen molar-refractivity contribution in [3.05, 3.63) is 42.0 Å². The van der Waals surface area contributed by atoms with Gasteiger partial charge in [-0.05, 0) is 11.6 Å². The van der Waals surface area contributed by atoms with Gasteiger partial charge in [0.1, 0.15) is 5.60 Å². The first kappa shape index (κ1) is 18.2. The summed E-state index contributed by atoms with van der Waals surface area (Å²) in [6, 6.07) is 9.64. The van der Waals surface area contributed by atoms with E-state index in [9.17, 15) is 9.59 Å². The highest BCUT2D eigenvalue weighted by molar-refractivity contribution is 5.92. The van der Waals surface area contributed by atoms with E-state index in [1.54, 1.807) is 31.2 Å². The molecular formula is C18H24N2O4. The standard InChI is InChI=1S/C18H24N2O4/c1-19-16(21)12-18(14-23-2)13-20(10-11-24-18)17(22)9-8-15-6-4-3-5-7-15/h3-9H,10-14H2,1-2H3,(H,19,21)/b9-8+/t18-/m1/s1. The summed E-state index contributed by atoms with van der Waals surface area (Å²) < 4.78 is 11.0. The van der Waals surface area contributed by atoms with E-state index in [2.05, 4.69) is 5.32 Å². The average Bonchev–Trinajstić information content (AvgIpc) is 2.60. The Labute approximate surface area is 142 Å². The molecule has 1 aliphatic heterocycles. The van der Waals surface area contributed by atoms with Gasteiger partial charge < -0.3 is 19.7 Å². The summed E-state index contributed by atoms with van der Waals surface area (Å²) in [5.41, 5.74) is 0.163. The molecule has 6 heteroatoms. The highest BCUT2D eigenvalue weighted by Gasteiger charge is 2.39. The van der Waals surface area contributed by atoms with Gasteiger partial charge in [-0.2, -0.15) is 0 Å². The number of methoxy groups -OCH3 is 1.